The summed E-state index contributed by atoms with van der Waals surface area (Å²) in [5.41, 5.74) is 5.25. The second kappa shape index (κ2) is 7.32. The number of nitrogens with two attached hydrogens (primary N) is 1. The van der Waals surface area contributed by atoms with Gasteiger partial charge in [0.2, 0.25) is 15.9 Å². The maximum Gasteiger partial charge on any atom is 0.248 e. The molecule has 0 saturated heterocycles. The molecule has 102 valence electrons. The van der Waals surface area contributed by atoms with E-state index in [1.165, 1.54) is 24.3 Å². The molecule has 0 atom stereocenters. The molecular formula is C10H16ClN3O3S. The number of hydrogen-bond acceptors (Lipinski definition) is 4. The summed E-state index contributed by atoms with van der Waals surface area (Å²) in [6, 6.07) is 5.61. The fourth-order valence-corrected chi connectivity index (χ4v) is 2.29. The Morgan fingerprint density at radius 2 is 2.00 bits per heavy atom. The molecule has 8 heteroatoms. The first-order valence-electron chi connectivity index (χ1n) is 5.01. The van der Waals surface area contributed by atoms with Gasteiger partial charge in [-0.3, -0.25) is 4.79 Å². The van der Waals surface area contributed by atoms with Gasteiger partial charge in [0.05, 0.1) is 4.90 Å². The van der Waals surface area contributed by atoms with Crippen molar-refractivity contribution >= 4 is 28.3 Å². The van der Waals surface area contributed by atoms with Crippen molar-refractivity contribution in [3.05, 3.63) is 29.8 Å². The summed E-state index contributed by atoms with van der Waals surface area (Å²) in [5, 5.41) is 2.82. The molecule has 0 bridgehead atoms. The number of likely N-dealkylation sites (N-methyl/N-ethyl adjacent to an activating group) is 1. The molecule has 0 aliphatic rings. The molecule has 1 amide bonds. The van der Waals surface area contributed by atoms with E-state index in [2.05, 4.69) is 10.0 Å². The average molecular weight is 294 g/mol. The van der Waals surface area contributed by atoms with Crippen LogP contribution in [0.5, 0.6) is 0 Å². The molecule has 1 aromatic carbocycles. The van der Waals surface area contributed by atoms with Gasteiger partial charge in [0.15, 0.2) is 0 Å². The van der Waals surface area contributed by atoms with E-state index in [9.17, 15) is 13.2 Å². The first kappa shape index (κ1) is 16.9. The van der Waals surface area contributed by atoms with E-state index in [4.69, 9.17) is 5.73 Å². The molecule has 4 N–H and O–H groups in total. The number of primary amides is 1. The lowest BCUT2D eigenvalue weighted by Gasteiger charge is -2.07. The smallest absolute Gasteiger partial charge is 0.248 e. The van der Waals surface area contributed by atoms with Crippen LogP contribution in [0.25, 0.3) is 0 Å². The van der Waals surface area contributed by atoms with E-state index >= 15 is 0 Å². The van der Waals surface area contributed by atoms with Crippen molar-refractivity contribution in [1.29, 1.82) is 0 Å². The average Bonchev–Trinajstić information content (AvgIpc) is 2.29. The summed E-state index contributed by atoms with van der Waals surface area (Å²) < 4.78 is 26.0. The molecule has 0 spiro atoms. The van der Waals surface area contributed by atoms with Crippen LogP contribution in [0.4, 0.5) is 0 Å². The minimum atomic E-state index is -3.59. The van der Waals surface area contributed by atoms with Crippen LogP contribution < -0.4 is 15.8 Å². The standard InChI is InChI=1S/C10H15N3O3S.ClH/c1-12-5-6-13-17(15,16)9-4-2-3-8(7-9)10(11)14;/h2-4,7,12-13H,5-6H2,1H3,(H2,11,14);1H. The first-order valence-corrected chi connectivity index (χ1v) is 6.50. The van der Waals surface area contributed by atoms with Crippen molar-refractivity contribution in [2.24, 2.45) is 5.73 Å². The lowest BCUT2D eigenvalue weighted by atomic mass is 10.2. The number of rotatable bonds is 6. The van der Waals surface area contributed by atoms with Gasteiger partial charge in [0.1, 0.15) is 0 Å². The van der Waals surface area contributed by atoms with Crippen molar-refractivity contribution in [1.82, 2.24) is 10.0 Å². The van der Waals surface area contributed by atoms with Crippen LogP contribution in [0, 0.1) is 0 Å². The predicted molar refractivity (Wildman–Crippen MR) is 71.3 cm³/mol. The monoisotopic (exact) mass is 293 g/mol. The zero-order valence-electron chi connectivity index (χ0n) is 9.84. The summed E-state index contributed by atoms with van der Waals surface area (Å²) in [6.45, 7) is 0.800. The van der Waals surface area contributed by atoms with Gasteiger partial charge in [-0.1, -0.05) is 6.07 Å². The van der Waals surface area contributed by atoms with E-state index in [0.717, 1.165) is 0 Å². The second-order valence-electron chi connectivity index (χ2n) is 3.39. The summed E-state index contributed by atoms with van der Waals surface area (Å²) >= 11 is 0. The third-order valence-electron chi connectivity index (χ3n) is 2.10. The van der Waals surface area contributed by atoms with Gasteiger partial charge in [0, 0.05) is 18.7 Å². The van der Waals surface area contributed by atoms with E-state index in [0.29, 0.717) is 6.54 Å². The minimum Gasteiger partial charge on any atom is -0.366 e. The van der Waals surface area contributed by atoms with Gasteiger partial charge in [-0.05, 0) is 25.2 Å². The van der Waals surface area contributed by atoms with E-state index < -0.39 is 15.9 Å². The molecule has 0 aromatic heterocycles. The van der Waals surface area contributed by atoms with Crippen LogP contribution in [0.2, 0.25) is 0 Å². The SMILES string of the molecule is CNCCNS(=O)(=O)c1cccc(C(N)=O)c1.Cl. The molecule has 0 radical (unpaired) electrons. The Balaban J connectivity index is 0.00000289. The lowest BCUT2D eigenvalue weighted by molar-refractivity contribution is 0.1000. The van der Waals surface area contributed by atoms with Crippen LogP contribution in [0.15, 0.2) is 29.2 Å². The number of hydrogen-bond donors (Lipinski definition) is 3. The highest BCUT2D eigenvalue weighted by molar-refractivity contribution is 7.89. The molecular weight excluding hydrogens is 278 g/mol. The molecule has 6 nitrogen and oxygen atoms in total. The molecule has 0 unspecified atom stereocenters. The second-order valence-corrected chi connectivity index (χ2v) is 5.16. The van der Waals surface area contributed by atoms with E-state index in [1.54, 1.807) is 7.05 Å². The highest BCUT2D eigenvalue weighted by Gasteiger charge is 2.14. The number of nitrogens with one attached hydrogen (secondary N) is 2. The zero-order valence-corrected chi connectivity index (χ0v) is 11.5. The largest absolute Gasteiger partial charge is 0.366 e. The van der Waals surface area contributed by atoms with Gasteiger partial charge in [-0.25, -0.2) is 13.1 Å². The summed E-state index contributed by atoms with van der Waals surface area (Å²) in [4.78, 5) is 11.0. The quantitative estimate of drug-likeness (QED) is 0.627. The van der Waals surface area contributed by atoms with Crippen LogP contribution in [-0.4, -0.2) is 34.5 Å². The maximum atomic E-state index is 11.8. The normalized spacial score (nSPS) is 10.7. The Morgan fingerprint density at radius 3 is 2.56 bits per heavy atom. The number of sulfonamides is 1. The zero-order chi connectivity index (χ0) is 12.9. The summed E-state index contributed by atoms with van der Waals surface area (Å²) in [7, 11) is -1.86. The molecule has 0 saturated carbocycles. The van der Waals surface area contributed by atoms with Crippen molar-refractivity contribution in [2.45, 2.75) is 4.90 Å². The highest BCUT2D eigenvalue weighted by Crippen LogP contribution is 2.10. The van der Waals surface area contributed by atoms with Crippen molar-refractivity contribution in [2.75, 3.05) is 20.1 Å². The van der Waals surface area contributed by atoms with E-state index in [-0.39, 0.29) is 29.4 Å². The number of carbonyl (C=O) groups is 1. The molecule has 1 rings (SSSR count). The fraction of sp³-hybridized carbons (Fsp3) is 0.300. The summed E-state index contributed by atoms with van der Waals surface area (Å²) in [6.07, 6.45) is 0. The Hall–Kier alpha value is -1.15. The molecule has 0 fully saturated rings. The van der Waals surface area contributed by atoms with Crippen molar-refractivity contribution in [3.63, 3.8) is 0 Å². The molecule has 0 heterocycles. The summed E-state index contributed by atoms with van der Waals surface area (Å²) in [5.74, 6) is -0.655. The Kier molecular flexibility index (Phi) is 6.85. The van der Waals surface area contributed by atoms with Crippen LogP contribution in [0.1, 0.15) is 10.4 Å². The third-order valence-corrected chi connectivity index (χ3v) is 3.55. The fourth-order valence-electron chi connectivity index (χ4n) is 1.21. The van der Waals surface area contributed by atoms with Crippen molar-refractivity contribution in [3.8, 4) is 0 Å². The van der Waals surface area contributed by atoms with Gasteiger partial charge < -0.3 is 11.1 Å². The molecule has 1 aromatic rings. The highest BCUT2D eigenvalue weighted by atomic mass is 35.5. The minimum absolute atomic E-state index is 0. The topological polar surface area (TPSA) is 101 Å². The van der Waals surface area contributed by atoms with Gasteiger partial charge in [-0.15, -0.1) is 12.4 Å². The maximum absolute atomic E-state index is 11.8. The van der Waals surface area contributed by atoms with Gasteiger partial charge in [-0.2, -0.15) is 0 Å². The van der Waals surface area contributed by atoms with Crippen LogP contribution in [0.3, 0.4) is 0 Å². The van der Waals surface area contributed by atoms with Gasteiger partial charge >= 0.3 is 0 Å². The lowest BCUT2D eigenvalue weighted by Crippen LogP contribution is -2.30. The Morgan fingerprint density at radius 1 is 1.33 bits per heavy atom. The number of amides is 1. The number of carbonyl (C=O) groups excluding carboxylic acids is 1. The van der Waals surface area contributed by atoms with Gasteiger partial charge in [0.25, 0.3) is 0 Å². The van der Waals surface area contributed by atoms with Crippen molar-refractivity contribution < 1.29 is 13.2 Å². The molecule has 0 aliphatic heterocycles. The molecule has 0 aliphatic carbocycles. The van der Waals surface area contributed by atoms with E-state index in [1.807, 2.05) is 0 Å². The number of benzene rings is 1. The third kappa shape index (κ3) is 4.61. The Labute approximate surface area is 112 Å². The molecule has 18 heavy (non-hydrogen) atoms. The number of halogens is 1. The van der Waals surface area contributed by atoms with Crippen LogP contribution >= 0.6 is 12.4 Å². The predicted octanol–water partition coefficient (Wildman–Crippen LogP) is -0.295. The van der Waals surface area contributed by atoms with Crippen LogP contribution in [-0.2, 0) is 10.0 Å². The first-order chi connectivity index (χ1) is 7.97. The Bertz CT molecular complexity index is 505.